The zero-order valence-electron chi connectivity index (χ0n) is 14.5. The van der Waals surface area contributed by atoms with Gasteiger partial charge in [-0.25, -0.2) is 9.97 Å². The van der Waals surface area contributed by atoms with E-state index in [4.69, 9.17) is 5.73 Å². The molecule has 0 unspecified atom stereocenters. The fraction of sp³-hybridized carbons (Fsp3) is 0.471. The summed E-state index contributed by atoms with van der Waals surface area (Å²) in [5.41, 5.74) is 7.65. The zero-order chi connectivity index (χ0) is 18.0. The Kier molecular flexibility index (Phi) is 4.78. The third-order valence-electron chi connectivity index (χ3n) is 4.55. The van der Waals surface area contributed by atoms with Crippen LogP contribution >= 0.6 is 0 Å². The third kappa shape index (κ3) is 3.52. The average molecular weight is 342 g/mol. The largest absolute Gasteiger partial charge is 0.364 e. The highest BCUT2D eigenvalue weighted by atomic mass is 16.2. The maximum Gasteiger partial charge on any atom is 0.269 e. The standard InChI is InChI=1S/C17H22N6O2/c1-3-13-12(8-19-10(2)20-13)17(25)23-6-4-5-11(9-23)14-7-15(16(18)24)22-21-14/h7-8,11H,3-6,9H2,1-2H3,(H2,18,24)(H,21,22)/t11-/m1/s1. The van der Waals surface area contributed by atoms with Gasteiger partial charge in [0.25, 0.3) is 11.8 Å². The van der Waals surface area contributed by atoms with Crippen LogP contribution < -0.4 is 5.73 Å². The van der Waals surface area contributed by atoms with Crippen molar-refractivity contribution in [2.75, 3.05) is 13.1 Å². The Labute approximate surface area is 145 Å². The van der Waals surface area contributed by atoms with Gasteiger partial charge in [0.15, 0.2) is 0 Å². The number of aromatic nitrogens is 4. The minimum absolute atomic E-state index is 0.0452. The maximum absolute atomic E-state index is 12.9. The number of H-pyrrole nitrogens is 1. The van der Waals surface area contributed by atoms with Gasteiger partial charge >= 0.3 is 0 Å². The van der Waals surface area contributed by atoms with Crippen molar-refractivity contribution in [3.63, 3.8) is 0 Å². The number of aromatic amines is 1. The molecule has 3 N–H and O–H groups in total. The van der Waals surface area contributed by atoms with E-state index < -0.39 is 5.91 Å². The SMILES string of the molecule is CCc1nc(C)ncc1C(=O)N1CCC[C@@H](c2cc(C(N)=O)n[nH]2)C1. The van der Waals surface area contributed by atoms with E-state index in [-0.39, 0.29) is 17.5 Å². The van der Waals surface area contributed by atoms with Gasteiger partial charge in [-0.3, -0.25) is 14.7 Å². The Hall–Kier alpha value is -2.77. The van der Waals surface area contributed by atoms with Crippen LogP contribution in [-0.2, 0) is 6.42 Å². The van der Waals surface area contributed by atoms with E-state index >= 15 is 0 Å². The molecule has 0 bridgehead atoms. The van der Waals surface area contributed by atoms with Crippen LogP contribution in [0.4, 0.5) is 0 Å². The Morgan fingerprint density at radius 3 is 2.92 bits per heavy atom. The van der Waals surface area contributed by atoms with Gasteiger partial charge in [0.1, 0.15) is 11.5 Å². The molecule has 2 amide bonds. The van der Waals surface area contributed by atoms with Crippen LogP contribution in [0.3, 0.4) is 0 Å². The van der Waals surface area contributed by atoms with E-state index in [9.17, 15) is 9.59 Å². The molecule has 1 aliphatic heterocycles. The number of rotatable bonds is 4. The third-order valence-corrected chi connectivity index (χ3v) is 4.55. The first kappa shape index (κ1) is 17.1. The second-order valence-electron chi connectivity index (χ2n) is 6.29. The second kappa shape index (κ2) is 7.00. The monoisotopic (exact) mass is 342 g/mol. The van der Waals surface area contributed by atoms with Crippen LogP contribution in [0.1, 0.15) is 63.7 Å². The van der Waals surface area contributed by atoms with E-state index in [1.807, 2.05) is 18.7 Å². The number of hydrogen-bond donors (Lipinski definition) is 2. The van der Waals surface area contributed by atoms with Gasteiger partial charge in [-0.05, 0) is 32.3 Å². The maximum atomic E-state index is 12.9. The molecule has 0 saturated carbocycles. The molecular weight excluding hydrogens is 320 g/mol. The molecule has 2 aromatic rings. The molecule has 1 saturated heterocycles. The summed E-state index contributed by atoms with van der Waals surface area (Å²) in [5, 5.41) is 6.81. The highest BCUT2D eigenvalue weighted by Gasteiger charge is 2.28. The van der Waals surface area contributed by atoms with Crippen LogP contribution in [0.15, 0.2) is 12.3 Å². The number of carbonyl (C=O) groups excluding carboxylic acids is 2. The summed E-state index contributed by atoms with van der Waals surface area (Å²) in [7, 11) is 0. The van der Waals surface area contributed by atoms with Gasteiger partial charge in [-0.1, -0.05) is 6.92 Å². The minimum atomic E-state index is -0.560. The molecule has 1 aliphatic rings. The van der Waals surface area contributed by atoms with Gasteiger partial charge in [-0.15, -0.1) is 0 Å². The quantitative estimate of drug-likeness (QED) is 0.865. The predicted molar refractivity (Wildman–Crippen MR) is 91.1 cm³/mol. The van der Waals surface area contributed by atoms with Crippen LogP contribution in [0, 0.1) is 6.92 Å². The van der Waals surface area contributed by atoms with Crippen molar-refractivity contribution in [2.45, 2.75) is 39.0 Å². The first-order valence-electron chi connectivity index (χ1n) is 8.46. The zero-order valence-corrected chi connectivity index (χ0v) is 14.5. The van der Waals surface area contributed by atoms with E-state index in [0.717, 1.165) is 24.2 Å². The number of piperidine rings is 1. The molecule has 0 aliphatic carbocycles. The van der Waals surface area contributed by atoms with Gasteiger partial charge < -0.3 is 10.6 Å². The summed E-state index contributed by atoms with van der Waals surface area (Å²) in [4.78, 5) is 34.5. The lowest BCUT2D eigenvalue weighted by Crippen LogP contribution is -2.39. The molecule has 3 rings (SSSR count). The van der Waals surface area contributed by atoms with Crippen molar-refractivity contribution in [2.24, 2.45) is 5.73 Å². The number of primary amides is 1. The number of hydrogen-bond acceptors (Lipinski definition) is 5. The molecule has 2 aromatic heterocycles. The van der Waals surface area contributed by atoms with E-state index in [1.165, 1.54) is 0 Å². The predicted octanol–water partition coefficient (Wildman–Crippen LogP) is 1.19. The first-order chi connectivity index (χ1) is 12.0. The molecule has 0 aromatic carbocycles. The highest BCUT2D eigenvalue weighted by Crippen LogP contribution is 2.27. The van der Waals surface area contributed by atoms with Crippen LogP contribution in [-0.4, -0.2) is 50.0 Å². The normalized spacial score (nSPS) is 17.5. The number of nitrogens with two attached hydrogens (primary N) is 1. The molecular formula is C17H22N6O2. The number of carbonyl (C=O) groups is 2. The Morgan fingerprint density at radius 1 is 1.44 bits per heavy atom. The molecule has 25 heavy (non-hydrogen) atoms. The summed E-state index contributed by atoms with van der Waals surface area (Å²) in [6, 6.07) is 1.67. The van der Waals surface area contributed by atoms with Gasteiger partial charge in [0.2, 0.25) is 0 Å². The molecule has 132 valence electrons. The lowest BCUT2D eigenvalue weighted by molar-refractivity contribution is 0.0703. The van der Waals surface area contributed by atoms with Crippen molar-refractivity contribution in [3.8, 4) is 0 Å². The van der Waals surface area contributed by atoms with Gasteiger partial charge in [0.05, 0.1) is 11.3 Å². The van der Waals surface area contributed by atoms with E-state index in [0.29, 0.717) is 30.9 Å². The molecule has 8 heteroatoms. The molecule has 1 atom stereocenters. The van der Waals surface area contributed by atoms with Crippen molar-refractivity contribution in [1.82, 2.24) is 25.1 Å². The van der Waals surface area contributed by atoms with Crippen LogP contribution in [0.2, 0.25) is 0 Å². The number of amides is 2. The summed E-state index contributed by atoms with van der Waals surface area (Å²) in [6.07, 6.45) is 4.11. The molecule has 8 nitrogen and oxygen atoms in total. The minimum Gasteiger partial charge on any atom is -0.364 e. The fourth-order valence-corrected chi connectivity index (χ4v) is 3.22. The average Bonchev–Trinajstić information content (AvgIpc) is 3.11. The molecule has 0 spiro atoms. The molecule has 1 fully saturated rings. The summed E-state index contributed by atoms with van der Waals surface area (Å²) < 4.78 is 0. The molecule has 3 heterocycles. The van der Waals surface area contributed by atoms with Gasteiger partial charge in [0, 0.05) is 30.9 Å². The lowest BCUT2D eigenvalue weighted by Gasteiger charge is -2.32. The van der Waals surface area contributed by atoms with Crippen LogP contribution in [0.25, 0.3) is 0 Å². The summed E-state index contributed by atoms with van der Waals surface area (Å²) >= 11 is 0. The highest BCUT2D eigenvalue weighted by molar-refractivity contribution is 5.95. The number of nitrogens with zero attached hydrogens (tertiary/aromatic N) is 4. The summed E-state index contributed by atoms with van der Waals surface area (Å²) in [6.45, 7) is 5.06. The topological polar surface area (TPSA) is 118 Å². The van der Waals surface area contributed by atoms with Crippen molar-refractivity contribution in [1.29, 1.82) is 0 Å². The van der Waals surface area contributed by atoms with Crippen molar-refractivity contribution in [3.05, 3.63) is 40.7 Å². The fourth-order valence-electron chi connectivity index (χ4n) is 3.22. The first-order valence-corrected chi connectivity index (χ1v) is 8.46. The smallest absolute Gasteiger partial charge is 0.269 e. The number of nitrogens with one attached hydrogen (secondary N) is 1. The number of aryl methyl sites for hydroxylation is 2. The van der Waals surface area contributed by atoms with Crippen molar-refractivity contribution >= 4 is 11.8 Å². The Balaban J connectivity index is 1.78. The Morgan fingerprint density at radius 2 is 2.24 bits per heavy atom. The van der Waals surface area contributed by atoms with Crippen LogP contribution in [0.5, 0.6) is 0 Å². The number of likely N-dealkylation sites (tertiary alicyclic amines) is 1. The van der Waals surface area contributed by atoms with Gasteiger partial charge in [-0.2, -0.15) is 5.10 Å². The second-order valence-corrected chi connectivity index (χ2v) is 6.29. The van der Waals surface area contributed by atoms with Crippen molar-refractivity contribution < 1.29 is 9.59 Å². The van der Waals surface area contributed by atoms with E-state index in [2.05, 4.69) is 20.2 Å². The molecule has 0 radical (unpaired) electrons. The Bertz CT molecular complexity index is 800. The lowest BCUT2D eigenvalue weighted by atomic mass is 9.94. The van der Waals surface area contributed by atoms with E-state index in [1.54, 1.807) is 12.3 Å². The summed E-state index contributed by atoms with van der Waals surface area (Å²) in [5.74, 6) is 0.169.